The fraction of sp³-hybridized carbons (Fsp3) is 0.316. The SMILES string of the molecule is C[C@@H](CCc1ccccc1)NC(=O)[C@H]1COc2ccccc2O1. The van der Waals surface area contributed by atoms with Crippen molar-refractivity contribution in [2.75, 3.05) is 6.61 Å². The van der Waals surface area contributed by atoms with Crippen molar-refractivity contribution >= 4 is 5.91 Å². The van der Waals surface area contributed by atoms with E-state index < -0.39 is 6.10 Å². The summed E-state index contributed by atoms with van der Waals surface area (Å²) in [6.45, 7) is 2.26. The van der Waals surface area contributed by atoms with Crippen LogP contribution in [0, 0.1) is 0 Å². The zero-order chi connectivity index (χ0) is 16.1. The Hall–Kier alpha value is -2.49. The first-order valence-electron chi connectivity index (χ1n) is 7.95. The van der Waals surface area contributed by atoms with Gasteiger partial charge in [-0.2, -0.15) is 0 Å². The van der Waals surface area contributed by atoms with Crippen molar-refractivity contribution in [1.29, 1.82) is 0 Å². The molecule has 3 rings (SSSR count). The van der Waals surface area contributed by atoms with E-state index in [4.69, 9.17) is 9.47 Å². The largest absolute Gasteiger partial charge is 0.485 e. The molecule has 4 nitrogen and oxygen atoms in total. The lowest BCUT2D eigenvalue weighted by atomic mass is 10.1. The maximum atomic E-state index is 12.3. The molecule has 23 heavy (non-hydrogen) atoms. The van der Waals surface area contributed by atoms with E-state index >= 15 is 0 Å². The van der Waals surface area contributed by atoms with Gasteiger partial charge in [0.1, 0.15) is 6.61 Å². The van der Waals surface area contributed by atoms with Gasteiger partial charge in [0.25, 0.3) is 5.91 Å². The third-order valence-electron chi connectivity index (χ3n) is 3.90. The Labute approximate surface area is 136 Å². The van der Waals surface area contributed by atoms with Gasteiger partial charge in [0, 0.05) is 6.04 Å². The number of hydrogen-bond acceptors (Lipinski definition) is 3. The second-order valence-electron chi connectivity index (χ2n) is 5.80. The molecule has 0 spiro atoms. The van der Waals surface area contributed by atoms with E-state index in [9.17, 15) is 4.79 Å². The number of benzene rings is 2. The molecule has 1 heterocycles. The number of amides is 1. The summed E-state index contributed by atoms with van der Waals surface area (Å²) in [6.07, 6.45) is 1.23. The number of aryl methyl sites for hydroxylation is 1. The lowest BCUT2D eigenvalue weighted by molar-refractivity contribution is -0.131. The average Bonchev–Trinajstić information content (AvgIpc) is 2.60. The van der Waals surface area contributed by atoms with Crippen LogP contribution in [0.1, 0.15) is 18.9 Å². The van der Waals surface area contributed by atoms with Gasteiger partial charge < -0.3 is 14.8 Å². The predicted octanol–water partition coefficient (Wildman–Crippen LogP) is 2.96. The highest BCUT2D eigenvalue weighted by Crippen LogP contribution is 2.30. The van der Waals surface area contributed by atoms with Gasteiger partial charge in [0.15, 0.2) is 11.5 Å². The molecule has 4 heteroatoms. The highest BCUT2D eigenvalue weighted by atomic mass is 16.6. The summed E-state index contributed by atoms with van der Waals surface area (Å²) < 4.78 is 11.3. The van der Waals surface area contributed by atoms with Gasteiger partial charge in [-0.1, -0.05) is 42.5 Å². The summed E-state index contributed by atoms with van der Waals surface area (Å²) in [5, 5.41) is 3.01. The molecule has 2 atom stereocenters. The topological polar surface area (TPSA) is 47.6 Å². The molecule has 1 aliphatic heterocycles. The third kappa shape index (κ3) is 4.03. The summed E-state index contributed by atoms with van der Waals surface area (Å²) in [4.78, 5) is 12.3. The monoisotopic (exact) mass is 311 g/mol. The highest BCUT2D eigenvalue weighted by molar-refractivity contribution is 5.82. The van der Waals surface area contributed by atoms with Crippen molar-refractivity contribution < 1.29 is 14.3 Å². The third-order valence-corrected chi connectivity index (χ3v) is 3.90. The van der Waals surface area contributed by atoms with Crippen molar-refractivity contribution in [3.63, 3.8) is 0 Å². The quantitative estimate of drug-likeness (QED) is 0.923. The van der Waals surface area contributed by atoms with Crippen LogP contribution in [-0.4, -0.2) is 24.7 Å². The number of carbonyl (C=O) groups is 1. The Morgan fingerprint density at radius 1 is 1.13 bits per heavy atom. The zero-order valence-corrected chi connectivity index (χ0v) is 13.2. The summed E-state index contributed by atoms with van der Waals surface area (Å²) in [5.74, 6) is 1.18. The number of fused-ring (bicyclic) bond motifs is 1. The molecule has 120 valence electrons. The van der Waals surface area contributed by atoms with Crippen LogP contribution in [0.25, 0.3) is 0 Å². The van der Waals surface area contributed by atoms with Crippen molar-refractivity contribution in [3.05, 3.63) is 60.2 Å². The smallest absolute Gasteiger partial charge is 0.264 e. The van der Waals surface area contributed by atoms with Crippen LogP contribution in [0.4, 0.5) is 0 Å². The molecule has 0 aromatic heterocycles. The fourth-order valence-electron chi connectivity index (χ4n) is 2.58. The van der Waals surface area contributed by atoms with Gasteiger partial charge in [-0.05, 0) is 37.5 Å². The number of carbonyl (C=O) groups excluding carboxylic acids is 1. The Balaban J connectivity index is 1.49. The Morgan fingerprint density at radius 3 is 2.61 bits per heavy atom. The molecule has 2 aromatic carbocycles. The second-order valence-corrected chi connectivity index (χ2v) is 5.80. The normalized spacial score (nSPS) is 17.3. The number of rotatable bonds is 5. The van der Waals surface area contributed by atoms with Gasteiger partial charge in [0.05, 0.1) is 0 Å². The van der Waals surface area contributed by atoms with Crippen molar-refractivity contribution in [2.24, 2.45) is 0 Å². The van der Waals surface area contributed by atoms with Gasteiger partial charge >= 0.3 is 0 Å². The predicted molar refractivity (Wildman–Crippen MR) is 88.7 cm³/mol. The first-order chi connectivity index (χ1) is 11.2. The first kappa shape index (κ1) is 15.4. The van der Waals surface area contributed by atoms with Crippen molar-refractivity contribution in [3.8, 4) is 11.5 Å². The van der Waals surface area contributed by atoms with E-state index in [0.29, 0.717) is 11.5 Å². The fourth-order valence-corrected chi connectivity index (χ4v) is 2.58. The summed E-state index contributed by atoms with van der Waals surface area (Å²) >= 11 is 0. The highest BCUT2D eigenvalue weighted by Gasteiger charge is 2.27. The molecule has 0 fully saturated rings. The zero-order valence-electron chi connectivity index (χ0n) is 13.2. The maximum absolute atomic E-state index is 12.3. The lowest BCUT2D eigenvalue weighted by Gasteiger charge is -2.26. The standard InChI is InChI=1S/C19H21NO3/c1-14(11-12-15-7-3-2-4-8-15)20-19(21)18-13-22-16-9-5-6-10-17(16)23-18/h2-10,14,18H,11-13H2,1H3,(H,20,21)/t14-,18+/m0/s1. The summed E-state index contributed by atoms with van der Waals surface area (Å²) in [7, 11) is 0. The molecule has 1 amide bonds. The van der Waals surface area contributed by atoms with E-state index in [0.717, 1.165) is 12.8 Å². The van der Waals surface area contributed by atoms with Crippen LogP contribution in [-0.2, 0) is 11.2 Å². The van der Waals surface area contributed by atoms with Crippen molar-refractivity contribution in [1.82, 2.24) is 5.32 Å². The molecule has 0 unspecified atom stereocenters. The van der Waals surface area contributed by atoms with Crippen LogP contribution in [0.2, 0.25) is 0 Å². The minimum Gasteiger partial charge on any atom is -0.485 e. The van der Waals surface area contributed by atoms with E-state index in [1.165, 1.54) is 5.56 Å². The van der Waals surface area contributed by atoms with Gasteiger partial charge in [-0.15, -0.1) is 0 Å². The Morgan fingerprint density at radius 2 is 1.83 bits per heavy atom. The van der Waals surface area contributed by atoms with E-state index in [1.807, 2.05) is 49.4 Å². The maximum Gasteiger partial charge on any atom is 0.264 e. The molecule has 0 aliphatic carbocycles. The summed E-state index contributed by atoms with van der Waals surface area (Å²) in [6, 6.07) is 17.8. The molecular formula is C19H21NO3. The summed E-state index contributed by atoms with van der Waals surface area (Å²) in [5.41, 5.74) is 1.28. The van der Waals surface area contributed by atoms with Gasteiger partial charge in [0.2, 0.25) is 6.10 Å². The first-order valence-corrected chi connectivity index (χ1v) is 7.95. The van der Waals surface area contributed by atoms with E-state index in [2.05, 4.69) is 17.4 Å². The van der Waals surface area contributed by atoms with Crippen LogP contribution in [0.5, 0.6) is 11.5 Å². The second kappa shape index (κ2) is 7.18. The van der Waals surface area contributed by atoms with Crippen LogP contribution >= 0.6 is 0 Å². The molecule has 0 bridgehead atoms. The van der Waals surface area contributed by atoms with Gasteiger partial charge in [-0.3, -0.25) is 4.79 Å². The minimum atomic E-state index is -0.593. The number of hydrogen-bond donors (Lipinski definition) is 1. The molecular weight excluding hydrogens is 290 g/mol. The van der Waals surface area contributed by atoms with Crippen molar-refractivity contribution in [2.45, 2.75) is 31.9 Å². The molecule has 2 aromatic rings. The van der Waals surface area contributed by atoms with E-state index in [1.54, 1.807) is 0 Å². The number of nitrogens with one attached hydrogen (secondary N) is 1. The number of ether oxygens (including phenoxy) is 2. The lowest BCUT2D eigenvalue weighted by Crippen LogP contribution is -2.47. The Kier molecular flexibility index (Phi) is 4.81. The Bertz CT molecular complexity index is 657. The van der Waals surface area contributed by atoms with Crippen LogP contribution in [0.3, 0.4) is 0 Å². The minimum absolute atomic E-state index is 0.0866. The average molecular weight is 311 g/mol. The molecule has 0 saturated carbocycles. The molecule has 0 saturated heterocycles. The molecule has 1 N–H and O–H groups in total. The molecule has 1 aliphatic rings. The van der Waals surface area contributed by atoms with Crippen LogP contribution in [0.15, 0.2) is 54.6 Å². The number of para-hydroxylation sites is 2. The van der Waals surface area contributed by atoms with E-state index in [-0.39, 0.29) is 18.6 Å². The van der Waals surface area contributed by atoms with Crippen LogP contribution < -0.4 is 14.8 Å². The van der Waals surface area contributed by atoms with Gasteiger partial charge in [-0.25, -0.2) is 0 Å². The molecule has 0 radical (unpaired) electrons.